The molecule has 4 heterocycles. The molecule has 0 fully saturated rings. The average Bonchev–Trinajstić information content (AvgIpc) is 3.73. The number of imidazole rings is 2. The second-order valence-electron chi connectivity index (χ2n) is 14.5. The normalized spacial score (nSPS) is 12.2. The van der Waals surface area contributed by atoms with Crippen molar-refractivity contribution in [1.29, 1.82) is 0 Å². The van der Waals surface area contributed by atoms with Gasteiger partial charge in [0.1, 0.15) is 16.9 Å². The molecule has 0 atom stereocenters. The van der Waals surface area contributed by atoms with Crippen molar-refractivity contribution in [2.45, 2.75) is 92.9 Å². The summed E-state index contributed by atoms with van der Waals surface area (Å²) in [5.41, 5.74) is 15.4. The Bertz CT molecular complexity index is 2440. The minimum Gasteiger partial charge on any atom is -0.364 e. The number of carbonyl (C=O) groups is 2. The van der Waals surface area contributed by atoms with E-state index in [0.29, 0.717) is 40.5 Å². The summed E-state index contributed by atoms with van der Waals surface area (Å²) in [4.78, 5) is 39.7. The van der Waals surface area contributed by atoms with E-state index in [0.717, 1.165) is 16.6 Å². The zero-order valence-corrected chi connectivity index (χ0v) is 35.6. The highest BCUT2D eigenvalue weighted by molar-refractivity contribution is 7.62. The lowest BCUT2D eigenvalue weighted by Crippen LogP contribution is -2.17. The molecule has 6 aromatic rings. The van der Waals surface area contributed by atoms with Crippen molar-refractivity contribution in [3.8, 4) is 0 Å². The van der Waals surface area contributed by atoms with Crippen molar-refractivity contribution in [3.05, 3.63) is 108 Å². The van der Waals surface area contributed by atoms with Gasteiger partial charge >= 0.3 is 15.2 Å². The van der Waals surface area contributed by atoms with Crippen LogP contribution in [0.2, 0.25) is 0 Å². The fourth-order valence-electron chi connectivity index (χ4n) is 5.77. The predicted molar refractivity (Wildman–Crippen MR) is 223 cm³/mol. The van der Waals surface area contributed by atoms with Crippen molar-refractivity contribution in [2.75, 3.05) is 0 Å². The Morgan fingerprint density at radius 3 is 1.43 bits per heavy atom. The maximum Gasteiger partial charge on any atom is 0.361 e. The molecule has 16 nitrogen and oxygen atoms in total. The molecule has 0 aliphatic carbocycles. The van der Waals surface area contributed by atoms with Gasteiger partial charge in [-0.05, 0) is 115 Å². The minimum atomic E-state index is -3.41. The maximum absolute atomic E-state index is 13.2. The standard InChI is InChI=1S/2C20H25N4O4P/c1-13(2)27-29(26,28-14(3)4)16-7-5-15(6-8-16)11-24-12-22-20-18(24)10-9-17(23-20)19(21)25;1-13(2)27-29(26,28-14(3)4)16-7-5-15(6-8-16)11-24-12-22-18-10-9-17(19(21)25)23-20(18)24/h2*5-10,12-14H,11H2,1-4H3,(H2,21,25). The molecule has 0 saturated heterocycles. The first-order valence-corrected chi connectivity index (χ1v) is 21.8. The fourth-order valence-corrected chi connectivity index (χ4v) is 9.60. The number of hydrogen-bond acceptors (Lipinski definition) is 12. The summed E-state index contributed by atoms with van der Waals surface area (Å²) in [5, 5.41) is 1.03. The number of fused-ring (bicyclic) bond motifs is 2. The number of hydrogen-bond donors (Lipinski definition) is 2. The van der Waals surface area contributed by atoms with E-state index in [1.807, 2.05) is 88.8 Å². The summed E-state index contributed by atoms with van der Waals surface area (Å²) in [5.74, 6) is -1.18. The third-order valence-electron chi connectivity index (χ3n) is 8.06. The van der Waals surface area contributed by atoms with Crippen LogP contribution in [0.15, 0.2) is 85.5 Å². The Kier molecular flexibility index (Phi) is 14.2. The van der Waals surface area contributed by atoms with Gasteiger partial charge in [0.05, 0.1) is 59.7 Å². The first-order valence-electron chi connectivity index (χ1n) is 18.7. The van der Waals surface area contributed by atoms with Crippen LogP contribution in [0.4, 0.5) is 0 Å². The Morgan fingerprint density at radius 2 is 0.983 bits per heavy atom. The van der Waals surface area contributed by atoms with Crippen molar-refractivity contribution < 1.29 is 36.8 Å². The van der Waals surface area contributed by atoms with Crippen LogP contribution in [0, 0.1) is 0 Å². The van der Waals surface area contributed by atoms with Crippen molar-refractivity contribution in [2.24, 2.45) is 11.5 Å². The number of benzene rings is 2. The molecule has 0 saturated carbocycles. The summed E-state index contributed by atoms with van der Waals surface area (Å²) in [6.07, 6.45) is 2.39. The third-order valence-corrected chi connectivity index (χ3v) is 12.7. The van der Waals surface area contributed by atoms with E-state index in [2.05, 4.69) is 19.9 Å². The second kappa shape index (κ2) is 18.7. The molecule has 6 rings (SSSR count). The minimum absolute atomic E-state index is 0.179. The number of nitrogens with zero attached hydrogens (tertiary/aromatic N) is 6. The van der Waals surface area contributed by atoms with Crippen LogP contribution >= 0.6 is 15.2 Å². The summed E-state index contributed by atoms with van der Waals surface area (Å²) >= 11 is 0. The molecule has 308 valence electrons. The van der Waals surface area contributed by atoms with Crippen LogP contribution in [0.3, 0.4) is 0 Å². The van der Waals surface area contributed by atoms with Crippen LogP contribution in [0.1, 0.15) is 87.5 Å². The monoisotopic (exact) mass is 832 g/mol. The number of primary amides is 2. The van der Waals surface area contributed by atoms with Gasteiger partial charge in [-0.1, -0.05) is 24.3 Å². The molecule has 0 spiro atoms. The Hall–Kier alpha value is -5.08. The molecular weight excluding hydrogens is 782 g/mol. The van der Waals surface area contributed by atoms with E-state index < -0.39 is 27.0 Å². The second-order valence-corrected chi connectivity index (χ2v) is 18.4. The number of nitrogens with two attached hydrogens (primary N) is 2. The molecule has 2 aromatic carbocycles. The highest BCUT2D eigenvalue weighted by atomic mass is 31.2. The summed E-state index contributed by atoms with van der Waals surface area (Å²) < 4.78 is 52.7. The predicted octanol–water partition coefficient (Wildman–Crippen LogP) is 6.49. The number of aromatic nitrogens is 6. The Balaban J connectivity index is 0.000000221. The van der Waals surface area contributed by atoms with Crippen molar-refractivity contribution >= 4 is 59.9 Å². The van der Waals surface area contributed by atoms with Gasteiger partial charge in [-0.25, -0.2) is 19.9 Å². The van der Waals surface area contributed by atoms with E-state index in [4.69, 9.17) is 29.6 Å². The molecule has 58 heavy (non-hydrogen) atoms. The summed E-state index contributed by atoms with van der Waals surface area (Å²) in [7, 11) is -6.82. The number of amides is 2. The van der Waals surface area contributed by atoms with Crippen LogP contribution in [-0.4, -0.2) is 65.3 Å². The first kappa shape index (κ1) is 44.0. The first-order chi connectivity index (χ1) is 27.4. The maximum atomic E-state index is 13.2. The van der Waals surface area contributed by atoms with Gasteiger partial charge in [-0.2, -0.15) is 0 Å². The number of pyridine rings is 2. The zero-order chi connectivity index (χ0) is 42.4. The molecule has 4 aromatic heterocycles. The highest BCUT2D eigenvalue weighted by Gasteiger charge is 2.31. The lowest BCUT2D eigenvalue weighted by atomic mass is 10.2. The van der Waals surface area contributed by atoms with Gasteiger partial charge in [-0.3, -0.25) is 18.7 Å². The zero-order valence-electron chi connectivity index (χ0n) is 33.8. The molecular formula is C40H50N8O8P2. The van der Waals surface area contributed by atoms with Gasteiger partial charge in [-0.15, -0.1) is 0 Å². The number of carbonyl (C=O) groups excluding carboxylic acids is 2. The SMILES string of the molecule is CC(C)OP(=O)(OC(C)C)c1ccc(Cn2cnc3ccc(C(N)=O)nc32)cc1.CC(C)OP(=O)(OC(C)C)c1ccc(Cn2cnc3nc(C(N)=O)ccc32)cc1. The summed E-state index contributed by atoms with van der Waals surface area (Å²) in [6.45, 7) is 15.6. The van der Waals surface area contributed by atoms with Gasteiger partial charge in [0.25, 0.3) is 11.8 Å². The molecule has 0 radical (unpaired) electrons. The fraction of sp³-hybridized carbons (Fsp3) is 0.350. The molecule has 0 aliphatic rings. The van der Waals surface area contributed by atoms with Gasteiger partial charge in [0.2, 0.25) is 0 Å². The lowest BCUT2D eigenvalue weighted by molar-refractivity contribution is 0.0987. The van der Waals surface area contributed by atoms with Gasteiger partial charge in [0.15, 0.2) is 11.3 Å². The van der Waals surface area contributed by atoms with E-state index in [1.54, 1.807) is 61.2 Å². The van der Waals surface area contributed by atoms with E-state index in [1.165, 1.54) is 0 Å². The third kappa shape index (κ3) is 11.1. The van der Waals surface area contributed by atoms with Gasteiger partial charge in [0, 0.05) is 6.54 Å². The smallest absolute Gasteiger partial charge is 0.361 e. The van der Waals surface area contributed by atoms with E-state index in [-0.39, 0.29) is 35.8 Å². The van der Waals surface area contributed by atoms with Gasteiger partial charge < -0.3 is 38.7 Å². The van der Waals surface area contributed by atoms with E-state index >= 15 is 0 Å². The van der Waals surface area contributed by atoms with Crippen LogP contribution in [0.5, 0.6) is 0 Å². The average molecular weight is 833 g/mol. The van der Waals surface area contributed by atoms with Crippen LogP contribution in [-0.2, 0) is 40.3 Å². The molecule has 0 bridgehead atoms. The Morgan fingerprint density at radius 1 is 0.569 bits per heavy atom. The van der Waals surface area contributed by atoms with Crippen LogP contribution in [0.25, 0.3) is 22.3 Å². The number of rotatable bonds is 16. The molecule has 0 unspecified atom stereocenters. The largest absolute Gasteiger partial charge is 0.364 e. The topological polar surface area (TPSA) is 219 Å². The van der Waals surface area contributed by atoms with E-state index in [9.17, 15) is 18.7 Å². The van der Waals surface area contributed by atoms with Crippen molar-refractivity contribution in [1.82, 2.24) is 29.1 Å². The molecule has 18 heteroatoms. The quantitative estimate of drug-likeness (QED) is 0.1000. The van der Waals surface area contributed by atoms with Crippen molar-refractivity contribution in [3.63, 3.8) is 0 Å². The highest BCUT2D eigenvalue weighted by Crippen LogP contribution is 2.50. The Labute approximate surface area is 337 Å². The summed E-state index contributed by atoms with van der Waals surface area (Å²) in [6, 6.07) is 21.1. The molecule has 2 amide bonds. The molecule has 4 N–H and O–H groups in total. The van der Waals surface area contributed by atoms with Crippen LogP contribution < -0.4 is 22.1 Å². The lowest BCUT2D eigenvalue weighted by Gasteiger charge is -2.23. The molecule has 0 aliphatic heterocycles.